The minimum absolute atomic E-state index is 0.869. The van der Waals surface area contributed by atoms with Crippen LogP contribution in [0, 0.1) is 0 Å². The number of ether oxygens (including phenoxy) is 1. The molecule has 4 nitrogen and oxygen atoms in total. The zero-order chi connectivity index (χ0) is 14.9. The molecule has 0 atom stereocenters. The van der Waals surface area contributed by atoms with Gasteiger partial charge in [0.1, 0.15) is 0 Å². The number of benzene rings is 1. The van der Waals surface area contributed by atoms with Crippen LogP contribution in [0.4, 0.5) is 5.69 Å². The topological polar surface area (TPSA) is 41.7 Å². The average molecular weight is 309 g/mol. The van der Waals surface area contributed by atoms with E-state index in [4.69, 9.17) is 9.88 Å². The molecule has 0 radical (unpaired) electrons. The summed E-state index contributed by atoms with van der Waals surface area (Å²) in [5.74, 6) is 0. The summed E-state index contributed by atoms with van der Waals surface area (Å²) in [6, 6.07) is 8.54. The maximum atomic E-state index is 5.69. The Kier molecular flexibility index (Phi) is 7.36. The van der Waals surface area contributed by atoms with Gasteiger partial charge in [-0.1, -0.05) is 19.4 Å². The van der Waals surface area contributed by atoms with Gasteiger partial charge >= 0.3 is 0 Å². The third-order valence-corrected chi connectivity index (χ3v) is 4.42. The first kappa shape index (κ1) is 16.6. The standard InChI is InChI=1S/C16H27N3OS/c1-2-3-7-19(9-8-18-10-12-20-13-11-18)15-5-4-6-16(14-15)21-17/h4-6,14H,2-3,7-13,17H2,1H3. The summed E-state index contributed by atoms with van der Waals surface area (Å²) in [5, 5.41) is 5.69. The van der Waals surface area contributed by atoms with E-state index in [1.807, 2.05) is 0 Å². The van der Waals surface area contributed by atoms with Crippen molar-refractivity contribution in [3.05, 3.63) is 24.3 Å². The van der Waals surface area contributed by atoms with E-state index >= 15 is 0 Å². The van der Waals surface area contributed by atoms with Crippen LogP contribution in [0.25, 0.3) is 0 Å². The number of nitrogens with two attached hydrogens (primary N) is 1. The highest BCUT2D eigenvalue weighted by molar-refractivity contribution is 7.97. The Morgan fingerprint density at radius 1 is 1.29 bits per heavy atom. The lowest BCUT2D eigenvalue weighted by atomic mass is 10.2. The summed E-state index contributed by atoms with van der Waals surface area (Å²) in [5.41, 5.74) is 1.28. The summed E-state index contributed by atoms with van der Waals surface area (Å²) in [6.45, 7) is 9.38. The van der Waals surface area contributed by atoms with Gasteiger partial charge < -0.3 is 9.64 Å². The number of unbranched alkanes of at least 4 members (excludes halogenated alkanes) is 1. The first-order valence-electron chi connectivity index (χ1n) is 7.85. The highest BCUT2D eigenvalue weighted by Crippen LogP contribution is 2.21. The monoisotopic (exact) mass is 309 g/mol. The van der Waals surface area contributed by atoms with Gasteiger partial charge in [-0.15, -0.1) is 0 Å². The van der Waals surface area contributed by atoms with Gasteiger partial charge in [-0.3, -0.25) is 10.0 Å². The Balaban J connectivity index is 1.95. The van der Waals surface area contributed by atoms with Crippen molar-refractivity contribution in [3.8, 4) is 0 Å². The van der Waals surface area contributed by atoms with Crippen molar-refractivity contribution in [2.45, 2.75) is 24.7 Å². The SMILES string of the molecule is CCCCN(CCN1CCOCC1)c1cccc(SN)c1. The fourth-order valence-corrected chi connectivity index (χ4v) is 2.91. The Labute approximate surface area is 132 Å². The molecule has 2 rings (SSSR count). The summed E-state index contributed by atoms with van der Waals surface area (Å²) >= 11 is 1.32. The van der Waals surface area contributed by atoms with E-state index in [1.165, 1.54) is 30.5 Å². The van der Waals surface area contributed by atoms with Crippen molar-refractivity contribution in [2.24, 2.45) is 5.14 Å². The molecule has 1 aliphatic heterocycles. The van der Waals surface area contributed by atoms with Crippen LogP contribution in [0.5, 0.6) is 0 Å². The molecule has 1 heterocycles. The molecule has 0 unspecified atom stereocenters. The molecular weight excluding hydrogens is 282 g/mol. The maximum Gasteiger partial charge on any atom is 0.0594 e. The minimum Gasteiger partial charge on any atom is -0.379 e. The summed E-state index contributed by atoms with van der Waals surface area (Å²) < 4.78 is 5.41. The molecular formula is C16H27N3OS. The Morgan fingerprint density at radius 2 is 2.10 bits per heavy atom. The number of rotatable bonds is 8. The molecule has 1 fully saturated rings. The minimum atomic E-state index is 0.869. The fourth-order valence-electron chi connectivity index (χ4n) is 2.56. The predicted molar refractivity (Wildman–Crippen MR) is 90.9 cm³/mol. The van der Waals surface area contributed by atoms with Crippen LogP contribution in [0.3, 0.4) is 0 Å². The Morgan fingerprint density at radius 3 is 2.81 bits per heavy atom. The summed E-state index contributed by atoms with van der Waals surface area (Å²) in [6.07, 6.45) is 2.45. The van der Waals surface area contributed by atoms with Gasteiger partial charge in [0.25, 0.3) is 0 Å². The number of hydrogen-bond donors (Lipinski definition) is 1. The van der Waals surface area contributed by atoms with E-state index in [1.54, 1.807) is 0 Å². The average Bonchev–Trinajstić information content (AvgIpc) is 2.56. The third-order valence-electron chi connectivity index (χ3n) is 3.89. The van der Waals surface area contributed by atoms with Gasteiger partial charge in [-0.25, -0.2) is 0 Å². The third kappa shape index (κ3) is 5.51. The van der Waals surface area contributed by atoms with Crippen molar-refractivity contribution in [1.82, 2.24) is 4.90 Å². The molecule has 118 valence electrons. The summed E-state index contributed by atoms with van der Waals surface area (Å²) in [4.78, 5) is 6.10. The van der Waals surface area contributed by atoms with Crippen LogP contribution in [-0.2, 0) is 4.74 Å². The fraction of sp³-hybridized carbons (Fsp3) is 0.625. The van der Waals surface area contributed by atoms with Gasteiger partial charge in [-0.05, 0) is 36.6 Å². The predicted octanol–water partition coefficient (Wildman–Crippen LogP) is 2.59. The highest BCUT2D eigenvalue weighted by Gasteiger charge is 2.13. The summed E-state index contributed by atoms with van der Waals surface area (Å²) in [7, 11) is 0. The second-order valence-electron chi connectivity index (χ2n) is 5.41. The quantitative estimate of drug-likeness (QED) is 0.748. The number of anilines is 1. The van der Waals surface area contributed by atoms with Gasteiger partial charge in [0, 0.05) is 43.3 Å². The largest absolute Gasteiger partial charge is 0.379 e. The maximum absolute atomic E-state index is 5.69. The number of morpholine rings is 1. The van der Waals surface area contributed by atoms with Crippen LogP contribution >= 0.6 is 11.9 Å². The van der Waals surface area contributed by atoms with E-state index in [9.17, 15) is 0 Å². The first-order valence-corrected chi connectivity index (χ1v) is 8.73. The zero-order valence-electron chi connectivity index (χ0n) is 13.0. The molecule has 0 aliphatic carbocycles. The van der Waals surface area contributed by atoms with E-state index in [0.717, 1.165) is 50.8 Å². The van der Waals surface area contributed by atoms with Crippen LogP contribution in [0.2, 0.25) is 0 Å². The van der Waals surface area contributed by atoms with Crippen LogP contribution in [0.1, 0.15) is 19.8 Å². The molecule has 0 spiro atoms. The van der Waals surface area contributed by atoms with Gasteiger partial charge in [0.2, 0.25) is 0 Å². The van der Waals surface area contributed by atoms with Crippen molar-refractivity contribution in [1.29, 1.82) is 0 Å². The molecule has 21 heavy (non-hydrogen) atoms. The molecule has 1 saturated heterocycles. The molecule has 1 aliphatic rings. The van der Waals surface area contributed by atoms with Crippen LogP contribution < -0.4 is 10.0 Å². The molecule has 5 heteroatoms. The van der Waals surface area contributed by atoms with E-state index in [-0.39, 0.29) is 0 Å². The Bertz CT molecular complexity index is 410. The van der Waals surface area contributed by atoms with Gasteiger partial charge in [0.15, 0.2) is 0 Å². The molecule has 0 amide bonds. The van der Waals surface area contributed by atoms with Crippen molar-refractivity contribution >= 4 is 17.6 Å². The lowest BCUT2D eigenvalue weighted by Gasteiger charge is -2.31. The highest BCUT2D eigenvalue weighted by atomic mass is 32.2. The lowest BCUT2D eigenvalue weighted by molar-refractivity contribution is 0.0391. The normalized spacial score (nSPS) is 16.1. The molecule has 0 saturated carbocycles. The molecule has 1 aromatic rings. The second kappa shape index (κ2) is 9.30. The zero-order valence-corrected chi connectivity index (χ0v) is 13.8. The second-order valence-corrected chi connectivity index (χ2v) is 6.12. The van der Waals surface area contributed by atoms with Gasteiger partial charge in [0.05, 0.1) is 13.2 Å². The van der Waals surface area contributed by atoms with E-state index in [0.29, 0.717) is 0 Å². The number of nitrogens with zero attached hydrogens (tertiary/aromatic N) is 2. The molecule has 0 bridgehead atoms. The van der Waals surface area contributed by atoms with E-state index in [2.05, 4.69) is 41.0 Å². The van der Waals surface area contributed by atoms with Crippen LogP contribution in [-0.4, -0.2) is 50.8 Å². The molecule has 0 aromatic heterocycles. The number of hydrogen-bond acceptors (Lipinski definition) is 5. The Hall–Kier alpha value is -0.750. The first-order chi connectivity index (χ1) is 10.3. The van der Waals surface area contributed by atoms with E-state index < -0.39 is 0 Å². The lowest BCUT2D eigenvalue weighted by Crippen LogP contribution is -2.41. The van der Waals surface area contributed by atoms with Crippen LogP contribution in [0.15, 0.2) is 29.2 Å². The van der Waals surface area contributed by atoms with Crippen molar-refractivity contribution in [3.63, 3.8) is 0 Å². The van der Waals surface area contributed by atoms with Gasteiger partial charge in [-0.2, -0.15) is 0 Å². The van der Waals surface area contributed by atoms with Crippen molar-refractivity contribution in [2.75, 3.05) is 50.8 Å². The van der Waals surface area contributed by atoms with Crippen molar-refractivity contribution < 1.29 is 4.74 Å². The smallest absolute Gasteiger partial charge is 0.0594 e. The molecule has 1 aromatic carbocycles. The molecule has 2 N–H and O–H groups in total.